The molecule has 1 saturated heterocycles. The standard InChI is InChI=1S/C25H30O11/c1-33-18-9-13(4-5-17(18)34-25-22(32)21(31)20(30)19(11-28)35-25)23-15(10-27)14-7-12(3-2-6-26)8-16(29)24(14)36-23/h4-5,7-9,19-22,25-32H,2-3,6,10-11H2,1H3/t19-,20-,21+,22-,25-/m1/s1. The van der Waals surface area contributed by atoms with Crippen molar-refractivity contribution in [3.8, 4) is 28.6 Å². The Bertz CT molecular complexity index is 1190. The monoisotopic (exact) mass is 506 g/mol. The molecule has 36 heavy (non-hydrogen) atoms. The number of hydrogen-bond acceptors (Lipinski definition) is 11. The van der Waals surface area contributed by atoms with Gasteiger partial charge in [-0.3, -0.25) is 0 Å². The lowest BCUT2D eigenvalue weighted by molar-refractivity contribution is -0.277. The Morgan fingerprint density at radius 1 is 0.944 bits per heavy atom. The minimum absolute atomic E-state index is 0.0135. The fraction of sp³-hybridized carbons (Fsp3) is 0.440. The molecular formula is C25H30O11. The van der Waals surface area contributed by atoms with Crippen LogP contribution in [0.25, 0.3) is 22.3 Å². The van der Waals surface area contributed by atoms with E-state index in [9.17, 15) is 30.6 Å². The number of methoxy groups -OCH3 is 1. The number of phenolic OH excluding ortho intramolecular Hbond substituents is 1. The molecule has 4 rings (SSSR count). The largest absolute Gasteiger partial charge is 0.504 e. The van der Waals surface area contributed by atoms with Gasteiger partial charge in [-0.1, -0.05) is 0 Å². The van der Waals surface area contributed by atoms with Crippen LogP contribution >= 0.6 is 0 Å². The number of aromatic hydroxyl groups is 1. The predicted molar refractivity (Wildman–Crippen MR) is 126 cm³/mol. The molecule has 2 aromatic carbocycles. The molecule has 0 bridgehead atoms. The maximum Gasteiger partial charge on any atom is 0.229 e. The van der Waals surface area contributed by atoms with E-state index in [4.69, 9.17) is 23.7 Å². The van der Waals surface area contributed by atoms with E-state index >= 15 is 0 Å². The normalized spacial score (nSPS) is 24.2. The number of aliphatic hydroxyl groups excluding tert-OH is 6. The summed E-state index contributed by atoms with van der Waals surface area (Å²) in [6.45, 7) is -0.943. The van der Waals surface area contributed by atoms with Crippen molar-refractivity contribution in [3.63, 3.8) is 0 Å². The Morgan fingerprint density at radius 2 is 1.72 bits per heavy atom. The molecule has 0 radical (unpaired) electrons. The summed E-state index contributed by atoms with van der Waals surface area (Å²) < 4.78 is 22.4. The van der Waals surface area contributed by atoms with Gasteiger partial charge in [0.05, 0.1) is 20.3 Å². The van der Waals surface area contributed by atoms with Crippen LogP contribution in [-0.4, -0.2) is 86.8 Å². The molecule has 1 aliphatic rings. The van der Waals surface area contributed by atoms with Gasteiger partial charge in [0, 0.05) is 23.1 Å². The van der Waals surface area contributed by atoms with Crippen molar-refractivity contribution in [1.82, 2.24) is 0 Å². The Morgan fingerprint density at radius 3 is 2.39 bits per heavy atom. The zero-order chi connectivity index (χ0) is 26.0. The van der Waals surface area contributed by atoms with Gasteiger partial charge in [-0.15, -0.1) is 0 Å². The van der Waals surface area contributed by atoms with Gasteiger partial charge in [-0.25, -0.2) is 0 Å². The first kappa shape index (κ1) is 26.2. The minimum Gasteiger partial charge on any atom is -0.504 e. The van der Waals surface area contributed by atoms with Crippen molar-refractivity contribution >= 4 is 11.0 Å². The lowest BCUT2D eigenvalue weighted by atomic mass is 9.99. The van der Waals surface area contributed by atoms with Gasteiger partial charge in [0.2, 0.25) is 6.29 Å². The summed E-state index contributed by atoms with van der Waals surface area (Å²) in [6.07, 6.45) is -6.15. The maximum atomic E-state index is 10.5. The first-order valence-corrected chi connectivity index (χ1v) is 11.5. The number of aliphatic hydroxyl groups is 6. The molecular weight excluding hydrogens is 476 g/mol. The van der Waals surface area contributed by atoms with E-state index in [1.54, 1.807) is 24.3 Å². The molecule has 1 aromatic heterocycles. The van der Waals surface area contributed by atoms with E-state index in [1.807, 2.05) is 0 Å². The second kappa shape index (κ2) is 11.0. The van der Waals surface area contributed by atoms with Gasteiger partial charge in [0.15, 0.2) is 22.8 Å². The second-order valence-electron chi connectivity index (χ2n) is 8.57. The Labute approximate surface area is 206 Å². The van der Waals surface area contributed by atoms with Crippen molar-refractivity contribution in [3.05, 3.63) is 41.5 Å². The van der Waals surface area contributed by atoms with Crippen LogP contribution in [0.3, 0.4) is 0 Å². The third-order valence-electron chi connectivity index (χ3n) is 6.23. The van der Waals surface area contributed by atoms with Gasteiger partial charge < -0.3 is 54.4 Å². The van der Waals surface area contributed by atoms with Gasteiger partial charge in [-0.05, 0) is 48.7 Å². The summed E-state index contributed by atoms with van der Waals surface area (Å²) in [7, 11) is 1.39. The number of benzene rings is 2. The van der Waals surface area contributed by atoms with Crippen LogP contribution in [0.15, 0.2) is 34.7 Å². The minimum atomic E-state index is -1.59. The molecule has 11 heteroatoms. The summed E-state index contributed by atoms with van der Waals surface area (Å²) in [5.41, 5.74) is 1.96. The molecule has 11 nitrogen and oxygen atoms in total. The first-order chi connectivity index (χ1) is 17.3. The molecule has 1 aliphatic heterocycles. The van der Waals surface area contributed by atoms with Crippen LogP contribution in [0, 0.1) is 0 Å². The third-order valence-corrected chi connectivity index (χ3v) is 6.23. The van der Waals surface area contributed by atoms with Crippen molar-refractivity contribution in [1.29, 1.82) is 0 Å². The molecule has 0 amide bonds. The molecule has 1 fully saturated rings. The number of furan rings is 1. The average molecular weight is 507 g/mol. The second-order valence-corrected chi connectivity index (χ2v) is 8.57. The molecule has 7 N–H and O–H groups in total. The van der Waals surface area contributed by atoms with Gasteiger partial charge in [0.25, 0.3) is 0 Å². The third kappa shape index (κ3) is 4.87. The highest BCUT2D eigenvalue weighted by atomic mass is 16.7. The zero-order valence-corrected chi connectivity index (χ0v) is 19.6. The fourth-order valence-electron chi connectivity index (χ4n) is 4.30. The van der Waals surface area contributed by atoms with Crippen molar-refractivity contribution < 1.29 is 54.4 Å². The van der Waals surface area contributed by atoms with E-state index < -0.39 is 37.3 Å². The summed E-state index contributed by atoms with van der Waals surface area (Å²) in [5.74, 6) is 0.568. The predicted octanol–water partition coefficient (Wildman–Crippen LogP) is 0.410. The highest BCUT2D eigenvalue weighted by Gasteiger charge is 2.45. The van der Waals surface area contributed by atoms with E-state index in [-0.39, 0.29) is 36.0 Å². The molecule has 0 saturated carbocycles. The zero-order valence-electron chi connectivity index (χ0n) is 19.6. The molecule has 0 spiro atoms. The molecule has 0 unspecified atom stereocenters. The Hall–Kier alpha value is -2.90. The van der Waals surface area contributed by atoms with Crippen LogP contribution in [0.5, 0.6) is 17.2 Å². The smallest absolute Gasteiger partial charge is 0.229 e. The molecule has 196 valence electrons. The molecule has 3 aromatic rings. The molecule has 2 heterocycles. The first-order valence-electron chi connectivity index (χ1n) is 11.5. The van der Waals surface area contributed by atoms with E-state index in [2.05, 4.69) is 0 Å². The topological polar surface area (TPSA) is 182 Å². The van der Waals surface area contributed by atoms with Crippen molar-refractivity contribution in [2.24, 2.45) is 0 Å². The van der Waals surface area contributed by atoms with E-state index in [0.29, 0.717) is 35.1 Å². The average Bonchev–Trinajstić information content (AvgIpc) is 3.27. The van der Waals surface area contributed by atoms with Crippen LogP contribution < -0.4 is 9.47 Å². The number of hydrogen-bond donors (Lipinski definition) is 7. The Kier molecular flexibility index (Phi) is 8.00. The van der Waals surface area contributed by atoms with Crippen LogP contribution in [0.1, 0.15) is 17.5 Å². The number of fused-ring (bicyclic) bond motifs is 1. The van der Waals surface area contributed by atoms with Crippen molar-refractivity contribution in [2.75, 3.05) is 20.3 Å². The summed E-state index contributed by atoms with van der Waals surface area (Å²) >= 11 is 0. The lowest BCUT2D eigenvalue weighted by Crippen LogP contribution is -2.60. The number of rotatable bonds is 9. The summed E-state index contributed by atoms with van der Waals surface area (Å²) in [5, 5.41) is 69.9. The highest BCUT2D eigenvalue weighted by molar-refractivity contribution is 5.92. The molecule has 0 aliphatic carbocycles. The number of ether oxygens (including phenoxy) is 3. The van der Waals surface area contributed by atoms with E-state index in [0.717, 1.165) is 5.56 Å². The SMILES string of the molecule is COc1cc(-c2oc3c(O)cc(CCCO)cc3c2CO)ccc1O[C@@H]1O[C@H](CO)[C@@H](O)[C@H](O)[C@H]1O. The maximum absolute atomic E-state index is 10.5. The lowest BCUT2D eigenvalue weighted by Gasteiger charge is -2.39. The van der Waals surface area contributed by atoms with Crippen molar-refractivity contribution in [2.45, 2.75) is 50.2 Å². The van der Waals surface area contributed by atoms with Crippen LogP contribution in [0.4, 0.5) is 0 Å². The summed E-state index contributed by atoms with van der Waals surface area (Å²) in [6, 6.07) is 8.06. The number of aryl methyl sites for hydroxylation is 1. The fourth-order valence-corrected chi connectivity index (χ4v) is 4.30. The van der Waals surface area contributed by atoms with Gasteiger partial charge >= 0.3 is 0 Å². The van der Waals surface area contributed by atoms with Gasteiger partial charge in [-0.2, -0.15) is 0 Å². The summed E-state index contributed by atoms with van der Waals surface area (Å²) in [4.78, 5) is 0. The van der Waals surface area contributed by atoms with Gasteiger partial charge in [0.1, 0.15) is 30.2 Å². The molecule has 5 atom stereocenters. The quantitative estimate of drug-likeness (QED) is 0.213. The van der Waals surface area contributed by atoms with E-state index in [1.165, 1.54) is 13.2 Å². The van der Waals surface area contributed by atoms with Crippen LogP contribution in [-0.2, 0) is 17.8 Å². The number of phenols is 1. The highest BCUT2D eigenvalue weighted by Crippen LogP contribution is 2.41. The Balaban J connectivity index is 1.67. The van der Waals surface area contributed by atoms with Crippen LogP contribution in [0.2, 0.25) is 0 Å².